The number of hydrogen-bond acceptors (Lipinski definition) is 4. The van der Waals surface area contributed by atoms with E-state index in [1.165, 1.54) is 21.1 Å². The zero-order valence-corrected chi connectivity index (χ0v) is 16.6. The summed E-state index contributed by atoms with van der Waals surface area (Å²) in [5.74, 6) is -0.380. The van der Waals surface area contributed by atoms with E-state index in [9.17, 15) is 13.2 Å². The molecule has 1 N–H and O–H groups in total. The molecule has 0 aliphatic heterocycles. The standard InChI is InChI=1S/C18H23N5O3S/c1-5-23(6-2)27(25,26)15-9-16(21(4)12-15)18(24)20-14-7-8-17-19-13(3)10-22(17)11-14/h7-12H,5-6H2,1-4H3,(H,20,24). The van der Waals surface area contributed by atoms with Crippen molar-refractivity contribution in [3.8, 4) is 0 Å². The van der Waals surface area contributed by atoms with Gasteiger partial charge >= 0.3 is 0 Å². The van der Waals surface area contributed by atoms with E-state index in [2.05, 4.69) is 10.3 Å². The SMILES string of the molecule is CCN(CC)S(=O)(=O)c1cc(C(=O)Nc2ccc3nc(C)cn3c2)n(C)c1. The van der Waals surface area contributed by atoms with E-state index in [4.69, 9.17) is 0 Å². The van der Waals surface area contributed by atoms with Crippen LogP contribution in [0, 0.1) is 6.92 Å². The highest BCUT2D eigenvalue weighted by Crippen LogP contribution is 2.20. The number of aromatic nitrogens is 3. The van der Waals surface area contributed by atoms with Crippen molar-refractivity contribution < 1.29 is 13.2 Å². The van der Waals surface area contributed by atoms with Gasteiger partial charge in [0.05, 0.1) is 11.4 Å². The molecule has 0 atom stereocenters. The number of amides is 1. The molecule has 3 aromatic rings. The zero-order chi connectivity index (χ0) is 19.8. The number of carbonyl (C=O) groups is 1. The van der Waals surface area contributed by atoms with Crippen LogP contribution in [0.5, 0.6) is 0 Å². The summed E-state index contributed by atoms with van der Waals surface area (Å²) in [7, 11) is -1.96. The smallest absolute Gasteiger partial charge is 0.272 e. The largest absolute Gasteiger partial charge is 0.345 e. The quantitative estimate of drug-likeness (QED) is 0.700. The molecule has 3 rings (SSSR count). The molecule has 0 saturated heterocycles. The van der Waals surface area contributed by atoms with E-state index in [-0.39, 0.29) is 16.5 Å². The second-order valence-electron chi connectivity index (χ2n) is 6.28. The van der Waals surface area contributed by atoms with Crippen molar-refractivity contribution in [3.05, 3.63) is 48.2 Å². The van der Waals surface area contributed by atoms with Crippen LogP contribution < -0.4 is 5.32 Å². The first kappa shape index (κ1) is 19.1. The number of nitrogens with zero attached hydrogens (tertiary/aromatic N) is 4. The van der Waals surface area contributed by atoms with E-state index in [1.54, 1.807) is 33.2 Å². The molecule has 1 amide bonds. The van der Waals surface area contributed by atoms with E-state index in [0.29, 0.717) is 18.8 Å². The molecular weight excluding hydrogens is 366 g/mol. The lowest BCUT2D eigenvalue weighted by molar-refractivity contribution is 0.101. The molecule has 27 heavy (non-hydrogen) atoms. The normalized spacial score (nSPS) is 12.0. The third kappa shape index (κ3) is 3.60. The van der Waals surface area contributed by atoms with Crippen LogP contribution in [0.2, 0.25) is 0 Å². The lowest BCUT2D eigenvalue weighted by atomic mass is 10.3. The predicted octanol–water partition coefficient (Wildman–Crippen LogP) is 2.26. The van der Waals surface area contributed by atoms with Crippen LogP contribution in [0.1, 0.15) is 30.0 Å². The summed E-state index contributed by atoms with van der Waals surface area (Å²) < 4.78 is 30.0. The van der Waals surface area contributed by atoms with Crippen LogP contribution in [0.3, 0.4) is 0 Å². The summed E-state index contributed by atoms with van der Waals surface area (Å²) in [5, 5.41) is 2.81. The summed E-state index contributed by atoms with van der Waals surface area (Å²) in [6.07, 6.45) is 5.09. The minimum absolute atomic E-state index is 0.111. The second-order valence-corrected chi connectivity index (χ2v) is 8.22. The van der Waals surface area contributed by atoms with E-state index in [0.717, 1.165) is 11.3 Å². The minimum atomic E-state index is -3.62. The molecule has 144 valence electrons. The van der Waals surface area contributed by atoms with Crippen LogP contribution in [0.4, 0.5) is 5.69 Å². The van der Waals surface area contributed by atoms with Crippen LogP contribution in [-0.4, -0.2) is 45.7 Å². The van der Waals surface area contributed by atoms with Gasteiger partial charge in [-0.3, -0.25) is 4.79 Å². The zero-order valence-electron chi connectivity index (χ0n) is 15.8. The van der Waals surface area contributed by atoms with Crippen molar-refractivity contribution in [2.24, 2.45) is 7.05 Å². The molecule has 3 heterocycles. The summed E-state index contributed by atoms with van der Waals surface area (Å²) in [4.78, 5) is 17.1. The first-order valence-corrected chi connectivity index (χ1v) is 10.1. The molecule has 8 nitrogen and oxygen atoms in total. The Morgan fingerprint density at radius 1 is 1.19 bits per heavy atom. The number of aryl methyl sites for hydroxylation is 2. The maximum absolute atomic E-state index is 12.7. The van der Waals surface area contributed by atoms with Gasteiger partial charge in [-0.25, -0.2) is 13.4 Å². The molecule has 0 unspecified atom stereocenters. The summed E-state index contributed by atoms with van der Waals surface area (Å²) in [5.41, 5.74) is 2.53. The Bertz CT molecular complexity index is 1090. The number of sulfonamides is 1. The third-order valence-corrected chi connectivity index (χ3v) is 6.40. The van der Waals surface area contributed by atoms with Gasteiger partial charge in [0.15, 0.2) is 0 Å². The maximum atomic E-state index is 12.7. The van der Waals surface area contributed by atoms with Gasteiger partial charge in [0.2, 0.25) is 10.0 Å². The van der Waals surface area contributed by atoms with E-state index >= 15 is 0 Å². The van der Waals surface area contributed by atoms with Crippen molar-refractivity contribution in [1.82, 2.24) is 18.3 Å². The summed E-state index contributed by atoms with van der Waals surface area (Å²) >= 11 is 0. The maximum Gasteiger partial charge on any atom is 0.272 e. The first-order valence-electron chi connectivity index (χ1n) is 8.69. The number of rotatable bonds is 6. The van der Waals surface area contributed by atoms with E-state index < -0.39 is 10.0 Å². The minimum Gasteiger partial charge on any atom is -0.345 e. The van der Waals surface area contributed by atoms with Gasteiger partial charge in [-0.05, 0) is 25.1 Å². The van der Waals surface area contributed by atoms with Crippen molar-refractivity contribution in [2.45, 2.75) is 25.7 Å². The fourth-order valence-corrected chi connectivity index (χ4v) is 4.53. The molecule has 0 fully saturated rings. The number of imidazole rings is 1. The van der Waals surface area contributed by atoms with Crippen LogP contribution in [0.15, 0.2) is 41.7 Å². The Hall–Kier alpha value is -2.65. The highest BCUT2D eigenvalue weighted by atomic mass is 32.2. The number of hydrogen-bond donors (Lipinski definition) is 1. The lowest BCUT2D eigenvalue weighted by Gasteiger charge is -2.17. The lowest BCUT2D eigenvalue weighted by Crippen LogP contribution is -2.30. The molecule has 0 bridgehead atoms. The molecule has 9 heteroatoms. The Kier molecular flexibility index (Phi) is 5.07. The monoisotopic (exact) mass is 389 g/mol. The molecule has 0 aliphatic carbocycles. The number of anilines is 1. The Morgan fingerprint density at radius 2 is 1.89 bits per heavy atom. The molecular formula is C18H23N5O3S. The van der Waals surface area contributed by atoms with Crippen LogP contribution in [0.25, 0.3) is 5.65 Å². The molecule has 0 radical (unpaired) electrons. The molecule has 0 saturated carbocycles. The average molecular weight is 389 g/mol. The fraction of sp³-hybridized carbons (Fsp3) is 0.333. The predicted molar refractivity (Wildman–Crippen MR) is 103 cm³/mol. The number of carbonyl (C=O) groups excluding carboxylic acids is 1. The first-order chi connectivity index (χ1) is 12.8. The van der Waals surface area contributed by atoms with Crippen LogP contribution >= 0.6 is 0 Å². The van der Waals surface area contributed by atoms with Crippen molar-refractivity contribution >= 4 is 27.3 Å². The second kappa shape index (κ2) is 7.16. The van der Waals surface area contributed by atoms with Crippen LogP contribution in [-0.2, 0) is 17.1 Å². The molecule has 0 spiro atoms. The summed E-state index contributed by atoms with van der Waals surface area (Å²) in [6, 6.07) is 4.98. The molecule has 0 aromatic carbocycles. The van der Waals surface area contributed by atoms with E-state index in [1.807, 2.05) is 23.6 Å². The van der Waals surface area contributed by atoms with Gasteiger partial charge in [0.1, 0.15) is 16.2 Å². The Labute approximate surface area is 158 Å². The van der Waals surface area contributed by atoms with Gasteiger partial charge in [-0.2, -0.15) is 4.31 Å². The van der Waals surface area contributed by atoms with Gasteiger partial charge in [-0.15, -0.1) is 0 Å². The highest BCUT2D eigenvalue weighted by Gasteiger charge is 2.25. The van der Waals surface area contributed by atoms with Gasteiger partial charge in [-0.1, -0.05) is 13.8 Å². The molecule has 0 aliphatic rings. The fourth-order valence-electron chi connectivity index (χ4n) is 3.00. The number of pyridine rings is 1. The Morgan fingerprint density at radius 3 is 2.56 bits per heavy atom. The Balaban J connectivity index is 1.87. The molecule has 3 aromatic heterocycles. The summed E-state index contributed by atoms with van der Waals surface area (Å²) in [6.45, 7) is 6.21. The van der Waals surface area contributed by atoms with Gasteiger partial charge < -0.3 is 14.3 Å². The average Bonchev–Trinajstić information content (AvgIpc) is 3.17. The van der Waals surface area contributed by atoms with Gasteiger partial charge in [0.25, 0.3) is 5.91 Å². The number of fused-ring (bicyclic) bond motifs is 1. The van der Waals surface area contributed by atoms with Crippen molar-refractivity contribution in [1.29, 1.82) is 0 Å². The topological polar surface area (TPSA) is 88.7 Å². The van der Waals surface area contributed by atoms with Crippen molar-refractivity contribution in [3.63, 3.8) is 0 Å². The van der Waals surface area contributed by atoms with Gasteiger partial charge in [0, 0.05) is 38.7 Å². The van der Waals surface area contributed by atoms with Crippen molar-refractivity contribution in [2.75, 3.05) is 18.4 Å². The third-order valence-electron chi connectivity index (χ3n) is 4.39. The highest BCUT2D eigenvalue weighted by molar-refractivity contribution is 7.89. The number of nitrogens with one attached hydrogen (secondary N) is 1.